The number of benzene rings is 7. The lowest BCUT2D eigenvalue weighted by molar-refractivity contribution is 0.628. The highest BCUT2D eigenvalue weighted by Gasteiger charge is 2.47. The van der Waals surface area contributed by atoms with E-state index in [2.05, 4.69) is 116 Å². The molecular weight excluding hydrogens is 629 g/mol. The van der Waals surface area contributed by atoms with Crippen LogP contribution in [-0.4, -0.2) is 6.71 Å². The summed E-state index contributed by atoms with van der Waals surface area (Å²) < 4.78 is 32.6. The molecule has 0 aromatic heterocycles. The molecule has 0 spiro atoms. The first-order valence-electron chi connectivity index (χ1n) is 17.7. The van der Waals surface area contributed by atoms with Crippen LogP contribution in [0.3, 0.4) is 0 Å². The van der Waals surface area contributed by atoms with Gasteiger partial charge in [-0.2, -0.15) is 0 Å². The molecular formula is C46H35BF2N2. The molecule has 0 radical (unpaired) electrons. The molecule has 2 heterocycles. The van der Waals surface area contributed by atoms with E-state index >= 15 is 8.78 Å². The van der Waals surface area contributed by atoms with Crippen molar-refractivity contribution in [3.8, 4) is 11.1 Å². The topological polar surface area (TPSA) is 6.48 Å². The Hall–Kier alpha value is -5.68. The number of anilines is 6. The normalized spacial score (nSPS) is 14.6. The summed E-state index contributed by atoms with van der Waals surface area (Å²) in [5.74, 6) is -0.575. The maximum Gasteiger partial charge on any atom is 0.252 e. The Labute approximate surface area is 297 Å². The predicted molar refractivity (Wildman–Crippen MR) is 210 cm³/mol. The van der Waals surface area contributed by atoms with Gasteiger partial charge < -0.3 is 9.80 Å². The van der Waals surface area contributed by atoms with Crippen molar-refractivity contribution < 1.29 is 8.78 Å². The van der Waals surface area contributed by atoms with Crippen molar-refractivity contribution in [1.82, 2.24) is 0 Å². The van der Waals surface area contributed by atoms with Gasteiger partial charge in [0.15, 0.2) is 0 Å². The number of fused-ring (bicyclic) bond motifs is 9. The van der Waals surface area contributed by atoms with Crippen molar-refractivity contribution in [2.24, 2.45) is 0 Å². The average Bonchev–Trinajstić information content (AvgIpc) is 3.34. The summed E-state index contributed by atoms with van der Waals surface area (Å²) in [7, 11) is 0. The van der Waals surface area contributed by atoms with Gasteiger partial charge in [0, 0.05) is 28.2 Å². The molecule has 5 heteroatoms. The van der Waals surface area contributed by atoms with E-state index in [0.29, 0.717) is 11.4 Å². The van der Waals surface area contributed by atoms with Gasteiger partial charge in [0.05, 0.1) is 11.4 Å². The van der Waals surface area contributed by atoms with Crippen LogP contribution < -0.4 is 26.2 Å². The highest BCUT2D eigenvalue weighted by molar-refractivity contribution is 7.01. The summed E-state index contributed by atoms with van der Waals surface area (Å²) in [6.07, 6.45) is 0. The molecule has 0 fully saturated rings. The second kappa shape index (κ2) is 10.4. The zero-order chi connectivity index (χ0) is 34.9. The minimum Gasteiger partial charge on any atom is -0.309 e. The van der Waals surface area contributed by atoms with Gasteiger partial charge in [-0.1, -0.05) is 86.6 Å². The molecule has 0 saturated heterocycles. The first kappa shape index (κ1) is 30.2. The molecule has 51 heavy (non-hydrogen) atoms. The van der Waals surface area contributed by atoms with Crippen molar-refractivity contribution in [3.05, 3.63) is 161 Å². The third kappa shape index (κ3) is 4.09. The third-order valence-electron chi connectivity index (χ3n) is 11.5. The molecule has 3 aliphatic rings. The van der Waals surface area contributed by atoms with Gasteiger partial charge in [0.25, 0.3) is 6.71 Å². The van der Waals surface area contributed by atoms with Gasteiger partial charge in [-0.25, -0.2) is 8.78 Å². The number of hydrogen-bond acceptors (Lipinski definition) is 2. The molecule has 1 aliphatic carbocycles. The molecule has 2 nitrogen and oxygen atoms in total. The molecule has 0 bridgehead atoms. The van der Waals surface area contributed by atoms with Crippen LogP contribution in [0, 0.1) is 32.4 Å². The van der Waals surface area contributed by atoms with E-state index in [1.54, 1.807) is 12.1 Å². The monoisotopic (exact) mass is 664 g/mol. The Morgan fingerprint density at radius 3 is 1.80 bits per heavy atom. The molecule has 0 saturated carbocycles. The summed E-state index contributed by atoms with van der Waals surface area (Å²) in [4.78, 5) is 4.24. The zero-order valence-electron chi connectivity index (χ0n) is 29.3. The molecule has 0 amide bonds. The van der Waals surface area contributed by atoms with Gasteiger partial charge >= 0.3 is 0 Å². The third-order valence-corrected chi connectivity index (χ3v) is 11.5. The second-order valence-corrected chi connectivity index (χ2v) is 15.1. The maximum absolute atomic E-state index is 16.4. The van der Waals surface area contributed by atoms with Crippen LogP contribution in [0.5, 0.6) is 0 Å². The number of halogens is 2. The highest BCUT2D eigenvalue weighted by Crippen LogP contribution is 2.52. The van der Waals surface area contributed by atoms with Gasteiger partial charge in [0.1, 0.15) is 11.6 Å². The molecule has 7 aromatic rings. The Morgan fingerprint density at radius 1 is 0.490 bits per heavy atom. The number of hydrogen-bond donors (Lipinski definition) is 0. The van der Waals surface area contributed by atoms with Crippen LogP contribution >= 0.6 is 0 Å². The van der Waals surface area contributed by atoms with Crippen LogP contribution in [0.1, 0.15) is 41.7 Å². The Kier molecular flexibility index (Phi) is 6.17. The summed E-state index contributed by atoms with van der Waals surface area (Å²) in [6, 6.07) is 41.2. The first-order chi connectivity index (χ1) is 24.6. The lowest BCUT2D eigenvalue weighted by Gasteiger charge is -2.45. The lowest BCUT2D eigenvalue weighted by atomic mass is 9.32. The zero-order valence-corrected chi connectivity index (χ0v) is 29.3. The van der Waals surface area contributed by atoms with Crippen LogP contribution in [0.2, 0.25) is 0 Å². The fourth-order valence-corrected chi connectivity index (χ4v) is 9.21. The summed E-state index contributed by atoms with van der Waals surface area (Å²) >= 11 is 0. The van der Waals surface area contributed by atoms with Gasteiger partial charge in [-0.15, -0.1) is 0 Å². The van der Waals surface area contributed by atoms with Crippen molar-refractivity contribution in [2.45, 2.75) is 40.0 Å². The van der Waals surface area contributed by atoms with E-state index in [1.165, 1.54) is 22.3 Å². The molecule has 246 valence electrons. The van der Waals surface area contributed by atoms with E-state index in [4.69, 9.17) is 0 Å². The van der Waals surface area contributed by atoms with Crippen molar-refractivity contribution >= 4 is 68.0 Å². The first-order valence-corrected chi connectivity index (χ1v) is 17.7. The van der Waals surface area contributed by atoms with Gasteiger partial charge in [0.2, 0.25) is 0 Å². The van der Waals surface area contributed by atoms with Crippen LogP contribution in [0.15, 0.2) is 121 Å². The summed E-state index contributed by atoms with van der Waals surface area (Å²) in [5.41, 5.74) is 15.7. The van der Waals surface area contributed by atoms with E-state index in [-0.39, 0.29) is 23.8 Å². The molecule has 0 atom stereocenters. The standard InChI is InChI=1S/C46H35BF2N2/c1-26-14-17-36(48)40(20-26)50-38-19-16-29-10-6-7-11-30(29)44(38)47-35-24-32-31-12-8-9-13-33(31)46(4,5)34(32)25-39(35)51(41-21-27(2)15-18-37(41)49)43-23-28(3)22-42(50)45(43)47/h6-25H,1-5H3. The number of rotatable bonds is 2. The van der Waals surface area contributed by atoms with Gasteiger partial charge in [-0.3, -0.25) is 0 Å². The van der Waals surface area contributed by atoms with Crippen molar-refractivity contribution in [2.75, 3.05) is 9.80 Å². The number of nitrogens with zero attached hydrogens (tertiary/aromatic N) is 2. The van der Waals surface area contributed by atoms with Crippen LogP contribution in [0.4, 0.5) is 42.9 Å². The predicted octanol–water partition coefficient (Wildman–Crippen LogP) is 10.4. The molecule has 0 N–H and O–H groups in total. The second-order valence-electron chi connectivity index (χ2n) is 15.1. The van der Waals surface area contributed by atoms with E-state index in [0.717, 1.165) is 66.6 Å². The molecule has 7 aromatic carbocycles. The van der Waals surface area contributed by atoms with E-state index in [1.807, 2.05) is 38.1 Å². The maximum atomic E-state index is 16.4. The summed E-state index contributed by atoms with van der Waals surface area (Å²) in [5, 5.41) is 2.25. The minimum absolute atomic E-state index is 0.193. The Bertz CT molecular complexity index is 2660. The molecule has 10 rings (SSSR count). The average molecular weight is 665 g/mol. The fraction of sp³-hybridized carbons (Fsp3) is 0.130. The smallest absolute Gasteiger partial charge is 0.252 e. The molecule has 2 aliphatic heterocycles. The van der Waals surface area contributed by atoms with E-state index < -0.39 is 0 Å². The lowest BCUT2D eigenvalue weighted by Crippen LogP contribution is -2.61. The largest absolute Gasteiger partial charge is 0.309 e. The van der Waals surface area contributed by atoms with Crippen LogP contribution in [-0.2, 0) is 5.41 Å². The molecule has 0 unspecified atom stereocenters. The number of aryl methyl sites for hydroxylation is 3. The van der Waals surface area contributed by atoms with E-state index in [9.17, 15) is 0 Å². The van der Waals surface area contributed by atoms with Crippen molar-refractivity contribution in [1.29, 1.82) is 0 Å². The van der Waals surface area contributed by atoms with Gasteiger partial charge in [-0.05, 0) is 135 Å². The SMILES string of the molecule is Cc1ccc(F)c(N2c3cc4c(cc3B3c5c2cc(C)cc5N(c2cc(C)ccc2F)c2ccc5ccccc5c23)-c2ccccc2C4(C)C)c1. The Morgan fingerprint density at radius 2 is 1.10 bits per heavy atom. The quantitative estimate of drug-likeness (QED) is 0.170. The van der Waals surface area contributed by atoms with Crippen LogP contribution in [0.25, 0.3) is 21.9 Å². The Balaban J connectivity index is 1.39. The highest BCUT2D eigenvalue weighted by atomic mass is 19.1. The fourth-order valence-electron chi connectivity index (χ4n) is 9.21. The summed E-state index contributed by atoms with van der Waals surface area (Å²) in [6.45, 7) is 10.5. The van der Waals surface area contributed by atoms with Crippen molar-refractivity contribution in [3.63, 3.8) is 0 Å². The minimum atomic E-state index is -0.289.